The van der Waals surface area contributed by atoms with Gasteiger partial charge in [0, 0.05) is 10.0 Å². The Kier molecular flexibility index (Phi) is 8.00. The van der Waals surface area contributed by atoms with E-state index in [2.05, 4.69) is 57.6 Å². The van der Waals surface area contributed by atoms with Crippen molar-refractivity contribution in [3.05, 3.63) is 97.6 Å². The summed E-state index contributed by atoms with van der Waals surface area (Å²) in [6.45, 7) is 9.23. The van der Waals surface area contributed by atoms with Crippen LogP contribution in [0.5, 0.6) is 11.5 Å². The molecule has 0 saturated carbocycles. The summed E-state index contributed by atoms with van der Waals surface area (Å²) >= 11 is 7.04. The third-order valence-corrected chi connectivity index (χ3v) is 6.67. The van der Waals surface area contributed by atoms with Crippen LogP contribution in [-0.4, -0.2) is 18.5 Å². The molecule has 0 saturated heterocycles. The largest absolute Gasteiger partial charge is 0.490 e. The molecule has 0 fully saturated rings. The van der Waals surface area contributed by atoms with Crippen LogP contribution in [0.3, 0.4) is 0 Å². The third kappa shape index (κ3) is 6.26. The van der Waals surface area contributed by atoms with Gasteiger partial charge in [0.2, 0.25) is 5.90 Å². The first-order valence-corrected chi connectivity index (χ1v) is 13.2. The Morgan fingerprint density at radius 3 is 2.31 bits per heavy atom. The number of nitrogens with zero attached hydrogens (tertiary/aromatic N) is 1. The van der Waals surface area contributed by atoms with Gasteiger partial charge in [0.1, 0.15) is 6.61 Å². The van der Waals surface area contributed by atoms with Crippen molar-refractivity contribution in [3.63, 3.8) is 0 Å². The molecule has 3 aromatic carbocycles. The summed E-state index contributed by atoms with van der Waals surface area (Å²) in [5, 5.41) is 0. The SMILES string of the molecule is CCOc1cc(/C=C2/N=C(c3ccc(C(C)(C)C)cc3)OC2=O)cc(Br)c1OCc1ccc(Br)cc1. The molecule has 0 bridgehead atoms. The monoisotopic (exact) mass is 611 g/mol. The van der Waals surface area contributed by atoms with Gasteiger partial charge in [-0.1, -0.05) is 61.0 Å². The van der Waals surface area contributed by atoms with Gasteiger partial charge in [-0.3, -0.25) is 0 Å². The van der Waals surface area contributed by atoms with Crippen LogP contribution < -0.4 is 9.47 Å². The highest BCUT2D eigenvalue weighted by Crippen LogP contribution is 2.38. The molecule has 1 aliphatic rings. The van der Waals surface area contributed by atoms with E-state index in [1.165, 1.54) is 5.56 Å². The molecule has 0 unspecified atom stereocenters. The Hall–Kier alpha value is -2.90. The normalized spacial score (nSPS) is 14.6. The van der Waals surface area contributed by atoms with Crippen molar-refractivity contribution in [2.24, 2.45) is 4.99 Å². The van der Waals surface area contributed by atoms with E-state index < -0.39 is 5.97 Å². The zero-order chi connectivity index (χ0) is 25.9. The molecule has 5 nitrogen and oxygen atoms in total. The zero-order valence-corrected chi connectivity index (χ0v) is 23.8. The molecule has 7 heteroatoms. The van der Waals surface area contributed by atoms with Crippen LogP contribution in [-0.2, 0) is 21.6 Å². The molecule has 1 aliphatic heterocycles. The van der Waals surface area contributed by atoms with Gasteiger partial charge in [0.05, 0.1) is 11.1 Å². The van der Waals surface area contributed by atoms with Crippen LogP contribution in [0.15, 0.2) is 80.3 Å². The molecule has 0 spiro atoms. The van der Waals surface area contributed by atoms with Crippen LogP contribution in [0.25, 0.3) is 6.08 Å². The first kappa shape index (κ1) is 26.2. The van der Waals surface area contributed by atoms with E-state index in [0.29, 0.717) is 35.1 Å². The maximum atomic E-state index is 12.6. The van der Waals surface area contributed by atoms with E-state index in [0.717, 1.165) is 21.2 Å². The average Bonchev–Trinajstić information content (AvgIpc) is 3.19. The standard InChI is InChI=1S/C29H27Br2NO4/c1-5-34-25-16-19(14-23(31)26(25)35-17-18-6-12-22(30)13-7-18)15-24-28(33)36-27(32-24)20-8-10-21(11-9-20)29(2,3)4/h6-16H,5,17H2,1-4H3/b24-15+. The van der Waals surface area contributed by atoms with Crippen LogP contribution in [0, 0.1) is 0 Å². The number of ether oxygens (including phenoxy) is 3. The fraction of sp³-hybridized carbons (Fsp3) is 0.241. The Morgan fingerprint density at radius 1 is 0.972 bits per heavy atom. The van der Waals surface area contributed by atoms with Crippen molar-refractivity contribution in [3.8, 4) is 11.5 Å². The molecule has 0 radical (unpaired) electrons. The van der Waals surface area contributed by atoms with Crippen molar-refractivity contribution >= 4 is 49.8 Å². The van der Waals surface area contributed by atoms with Crippen molar-refractivity contribution in [1.82, 2.24) is 0 Å². The van der Waals surface area contributed by atoms with E-state index in [1.807, 2.05) is 67.6 Å². The Bertz CT molecular complexity index is 1320. The second-order valence-corrected chi connectivity index (χ2v) is 11.1. The third-order valence-electron chi connectivity index (χ3n) is 5.55. The molecule has 0 aromatic heterocycles. The molecule has 0 N–H and O–H groups in total. The van der Waals surface area contributed by atoms with Gasteiger partial charge in [-0.25, -0.2) is 9.79 Å². The fourth-order valence-corrected chi connectivity index (χ4v) is 4.45. The summed E-state index contributed by atoms with van der Waals surface area (Å²) in [6.07, 6.45) is 1.69. The summed E-state index contributed by atoms with van der Waals surface area (Å²) < 4.78 is 19.1. The number of carbonyl (C=O) groups excluding carboxylic acids is 1. The van der Waals surface area contributed by atoms with Gasteiger partial charge in [0.25, 0.3) is 0 Å². The quantitative estimate of drug-likeness (QED) is 0.201. The maximum absolute atomic E-state index is 12.6. The molecule has 4 rings (SSSR count). The molecule has 1 heterocycles. The van der Waals surface area contributed by atoms with Gasteiger partial charge in [-0.2, -0.15) is 0 Å². The molecular formula is C29H27Br2NO4. The van der Waals surface area contributed by atoms with Crippen LogP contribution in [0.1, 0.15) is 49.9 Å². The van der Waals surface area contributed by atoms with Crippen molar-refractivity contribution in [2.45, 2.75) is 39.7 Å². The molecular weight excluding hydrogens is 586 g/mol. The van der Waals surface area contributed by atoms with Gasteiger partial charge >= 0.3 is 5.97 Å². The molecule has 0 amide bonds. The van der Waals surface area contributed by atoms with E-state index >= 15 is 0 Å². The number of cyclic esters (lactones) is 1. The van der Waals surface area contributed by atoms with Crippen molar-refractivity contribution in [2.75, 3.05) is 6.61 Å². The molecule has 186 valence electrons. The Balaban J connectivity index is 1.58. The van der Waals surface area contributed by atoms with Gasteiger partial charge in [-0.05, 0) is 87.4 Å². The van der Waals surface area contributed by atoms with Crippen molar-refractivity contribution in [1.29, 1.82) is 0 Å². The highest BCUT2D eigenvalue weighted by molar-refractivity contribution is 9.10. The number of benzene rings is 3. The number of halogens is 2. The average molecular weight is 613 g/mol. The minimum Gasteiger partial charge on any atom is -0.490 e. The second-order valence-electron chi connectivity index (χ2n) is 9.34. The topological polar surface area (TPSA) is 57.1 Å². The number of hydrogen-bond donors (Lipinski definition) is 0. The lowest BCUT2D eigenvalue weighted by Gasteiger charge is -2.18. The number of hydrogen-bond acceptors (Lipinski definition) is 5. The predicted molar refractivity (Wildman–Crippen MR) is 150 cm³/mol. The predicted octanol–water partition coefficient (Wildman–Crippen LogP) is 7.83. The number of aliphatic imine (C=N–C) groups is 1. The number of carbonyl (C=O) groups is 1. The van der Waals surface area contributed by atoms with Crippen LogP contribution in [0.2, 0.25) is 0 Å². The van der Waals surface area contributed by atoms with E-state index in [4.69, 9.17) is 14.2 Å². The highest BCUT2D eigenvalue weighted by Gasteiger charge is 2.25. The van der Waals surface area contributed by atoms with E-state index in [9.17, 15) is 4.79 Å². The van der Waals surface area contributed by atoms with Gasteiger partial charge in [0.15, 0.2) is 17.2 Å². The lowest BCUT2D eigenvalue weighted by atomic mass is 9.87. The lowest BCUT2D eigenvalue weighted by molar-refractivity contribution is -0.129. The number of esters is 1. The minimum absolute atomic E-state index is 0.0392. The molecule has 36 heavy (non-hydrogen) atoms. The fourth-order valence-electron chi connectivity index (χ4n) is 3.61. The van der Waals surface area contributed by atoms with Gasteiger partial charge in [-0.15, -0.1) is 0 Å². The molecule has 3 aromatic rings. The summed E-state index contributed by atoms with van der Waals surface area (Å²) in [5.74, 6) is 0.975. The van der Waals surface area contributed by atoms with Crippen LogP contribution in [0.4, 0.5) is 0 Å². The summed E-state index contributed by atoms with van der Waals surface area (Å²) in [6, 6.07) is 19.6. The molecule has 0 atom stereocenters. The number of rotatable bonds is 7. The first-order valence-electron chi connectivity index (χ1n) is 11.6. The van der Waals surface area contributed by atoms with E-state index in [-0.39, 0.29) is 11.1 Å². The summed E-state index contributed by atoms with van der Waals surface area (Å²) in [4.78, 5) is 17.0. The zero-order valence-electron chi connectivity index (χ0n) is 20.6. The first-order chi connectivity index (χ1) is 17.1. The van der Waals surface area contributed by atoms with E-state index in [1.54, 1.807) is 6.08 Å². The maximum Gasteiger partial charge on any atom is 0.363 e. The van der Waals surface area contributed by atoms with Crippen molar-refractivity contribution < 1.29 is 19.0 Å². The Labute approximate surface area is 228 Å². The van der Waals surface area contributed by atoms with Gasteiger partial charge < -0.3 is 14.2 Å². The summed E-state index contributed by atoms with van der Waals surface area (Å²) in [5.41, 5.74) is 3.99. The summed E-state index contributed by atoms with van der Waals surface area (Å²) in [7, 11) is 0. The highest BCUT2D eigenvalue weighted by atomic mass is 79.9. The molecule has 0 aliphatic carbocycles. The smallest absolute Gasteiger partial charge is 0.363 e. The second kappa shape index (κ2) is 11.0. The lowest BCUT2D eigenvalue weighted by Crippen LogP contribution is -2.11. The minimum atomic E-state index is -0.491. The Morgan fingerprint density at radius 2 is 1.67 bits per heavy atom. The van der Waals surface area contributed by atoms with Crippen LogP contribution >= 0.6 is 31.9 Å².